The Labute approximate surface area is 177 Å². The molecule has 30 heavy (non-hydrogen) atoms. The van der Waals surface area contributed by atoms with Crippen LogP contribution in [0, 0.1) is 0 Å². The highest BCUT2D eigenvalue weighted by molar-refractivity contribution is 6.00. The van der Waals surface area contributed by atoms with Crippen molar-refractivity contribution in [2.75, 3.05) is 13.7 Å². The van der Waals surface area contributed by atoms with E-state index in [2.05, 4.69) is 53.2 Å². The number of rotatable bonds is 5. The molecule has 5 rings (SSSR count). The predicted octanol–water partition coefficient (Wildman–Crippen LogP) is 6.01. The molecular weight excluding hydrogens is 372 g/mol. The van der Waals surface area contributed by atoms with Gasteiger partial charge >= 0.3 is 0 Å². The highest BCUT2D eigenvalue weighted by atomic mass is 16.5. The fourth-order valence-electron chi connectivity index (χ4n) is 5.21. The van der Waals surface area contributed by atoms with Gasteiger partial charge in [-0.15, -0.1) is 0 Å². The van der Waals surface area contributed by atoms with Crippen LogP contribution in [0.3, 0.4) is 0 Å². The maximum absolute atomic E-state index is 13.4. The highest BCUT2D eigenvalue weighted by Gasteiger charge is 2.42. The first-order chi connectivity index (χ1) is 14.7. The summed E-state index contributed by atoms with van der Waals surface area (Å²) in [6.45, 7) is 2.94. The minimum atomic E-state index is 0.0186. The molecular formula is C26H28N2O2. The van der Waals surface area contributed by atoms with Crippen LogP contribution in [-0.4, -0.2) is 29.4 Å². The number of aromatic nitrogens is 1. The van der Waals surface area contributed by atoms with Crippen molar-refractivity contribution in [1.29, 1.82) is 0 Å². The van der Waals surface area contributed by atoms with Gasteiger partial charge in [-0.3, -0.25) is 4.79 Å². The topological polar surface area (TPSA) is 45.3 Å². The molecule has 1 aliphatic carbocycles. The number of fused-ring (bicyclic) bond motifs is 1. The van der Waals surface area contributed by atoms with E-state index in [4.69, 9.17) is 4.74 Å². The molecule has 0 radical (unpaired) electrons. The molecule has 1 amide bonds. The van der Waals surface area contributed by atoms with Gasteiger partial charge in [-0.25, -0.2) is 0 Å². The summed E-state index contributed by atoms with van der Waals surface area (Å²) in [7, 11) is 1.70. The third kappa shape index (κ3) is 2.94. The maximum atomic E-state index is 13.4. The predicted molar refractivity (Wildman–Crippen MR) is 121 cm³/mol. The van der Waals surface area contributed by atoms with Crippen molar-refractivity contribution in [2.24, 2.45) is 0 Å². The summed E-state index contributed by atoms with van der Waals surface area (Å²) in [4.78, 5) is 19.1. The van der Waals surface area contributed by atoms with E-state index < -0.39 is 0 Å². The second-order valence-corrected chi connectivity index (χ2v) is 8.30. The molecule has 0 saturated heterocycles. The highest BCUT2D eigenvalue weighted by Crippen LogP contribution is 2.49. The van der Waals surface area contributed by atoms with Crippen molar-refractivity contribution in [3.8, 4) is 17.0 Å². The van der Waals surface area contributed by atoms with Gasteiger partial charge < -0.3 is 14.6 Å². The van der Waals surface area contributed by atoms with Crippen LogP contribution in [0.5, 0.6) is 5.75 Å². The van der Waals surface area contributed by atoms with E-state index in [9.17, 15) is 4.79 Å². The monoisotopic (exact) mass is 400 g/mol. The number of para-hydroxylation sites is 1. The minimum Gasteiger partial charge on any atom is -0.497 e. The minimum absolute atomic E-state index is 0.0186. The third-order valence-electron chi connectivity index (χ3n) is 6.51. The van der Waals surface area contributed by atoms with E-state index >= 15 is 0 Å². The van der Waals surface area contributed by atoms with Gasteiger partial charge in [-0.1, -0.05) is 37.3 Å². The normalized spacial score (nSPS) is 18.9. The summed E-state index contributed by atoms with van der Waals surface area (Å²) in [5, 5.41) is 1.20. The number of methoxy groups -OCH3 is 1. The SMILES string of the molecule is CCCN1C(=O)C2=C(CCCC2)[C@H]1c1c(-c2cccc(OC)c2)[nH]c2ccccc12. The molecule has 0 unspecified atom stereocenters. The third-order valence-corrected chi connectivity index (χ3v) is 6.51. The number of nitrogens with one attached hydrogen (secondary N) is 1. The number of ether oxygens (including phenoxy) is 1. The molecule has 2 aliphatic rings. The van der Waals surface area contributed by atoms with Crippen LogP contribution in [0.4, 0.5) is 0 Å². The van der Waals surface area contributed by atoms with E-state index in [0.717, 1.165) is 60.3 Å². The fourth-order valence-corrected chi connectivity index (χ4v) is 5.21. The van der Waals surface area contributed by atoms with E-state index in [1.165, 1.54) is 22.9 Å². The lowest BCUT2D eigenvalue weighted by Gasteiger charge is -2.28. The van der Waals surface area contributed by atoms with E-state index in [1.54, 1.807) is 7.11 Å². The molecule has 2 heterocycles. The van der Waals surface area contributed by atoms with E-state index in [0.29, 0.717) is 0 Å². The summed E-state index contributed by atoms with van der Waals surface area (Å²) in [6.07, 6.45) is 5.18. The number of hydrogen-bond donors (Lipinski definition) is 1. The lowest BCUT2D eigenvalue weighted by molar-refractivity contribution is -0.127. The van der Waals surface area contributed by atoms with Gasteiger partial charge in [0.15, 0.2) is 0 Å². The molecule has 0 spiro atoms. The number of carbonyl (C=O) groups excluding carboxylic acids is 1. The van der Waals surface area contributed by atoms with Crippen LogP contribution in [-0.2, 0) is 4.79 Å². The second kappa shape index (κ2) is 7.67. The van der Waals surface area contributed by atoms with Gasteiger partial charge in [0, 0.05) is 34.1 Å². The maximum Gasteiger partial charge on any atom is 0.250 e. The Kier molecular flexibility index (Phi) is 4.86. The molecule has 0 bridgehead atoms. The summed E-state index contributed by atoms with van der Waals surface area (Å²) < 4.78 is 5.49. The lowest BCUT2D eigenvalue weighted by Crippen LogP contribution is -2.31. The van der Waals surface area contributed by atoms with Crippen molar-refractivity contribution in [3.05, 3.63) is 65.2 Å². The summed E-state index contributed by atoms with van der Waals surface area (Å²) in [6, 6.07) is 16.7. The molecule has 1 aromatic heterocycles. The molecule has 0 fully saturated rings. The summed E-state index contributed by atoms with van der Waals surface area (Å²) in [5.74, 6) is 1.08. The zero-order valence-corrected chi connectivity index (χ0v) is 17.7. The van der Waals surface area contributed by atoms with Crippen molar-refractivity contribution < 1.29 is 9.53 Å². The Balaban J connectivity index is 1.76. The van der Waals surface area contributed by atoms with Crippen LogP contribution in [0.15, 0.2) is 59.7 Å². The first-order valence-electron chi connectivity index (χ1n) is 11.0. The Bertz CT molecular complexity index is 1140. The fraction of sp³-hybridized carbons (Fsp3) is 0.346. The van der Waals surface area contributed by atoms with Crippen LogP contribution in [0.1, 0.15) is 50.6 Å². The average Bonchev–Trinajstić information content (AvgIpc) is 3.30. The number of aromatic amines is 1. The standard InChI is InChI=1S/C26H28N2O2/c1-3-15-28-25(19-11-4-5-12-20(19)26(28)29)23-21-13-6-7-14-22(21)27-24(23)17-9-8-10-18(16-17)30-2/h6-10,13-14,16,25,27H,3-5,11-12,15H2,1-2H3/t25-/m0/s1. The molecule has 0 saturated carbocycles. The van der Waals surface area contributed by atoms with Gasteiger partial charge in [0.1, 0.15) is 5.75 Å². The molecule has 1 N–H and O–H groups in total. The first-order valence-corrected chi connectivity index (χ1v) is 11.0. The van der Waals surface area contributed by atoms with Gasteiger partial charge in [0.2, 0.25) is 0 Å². The quantitative estimate of drug-likeness (QED) is 0.570. The number of hydrogen-bond acceptors (Lipinski definition) is 2. The number of carbonyl (C=O) groups is 1. The van der Waals surface area contributed by atoms with Crippen LogP contribution in [0.25, 0.3) is 22.2 Å². The Morgan fingerprint density at radius 2 is 1.93 bits per heavy atom. The van der Waals surface area contributed by atoms with Crippen molar-refractivity contribution in [2.45, 2.75) is 45.1 Å². The smallest absolute Gasteiger partial charge is 0.250 e. The number of nitrogens with zero attached hydrogens (tertiary/aromatic N) is 1. The zero-order valence-electron chi connectivity index (χ0n) is 17.7. The van der Waals surface area contributed by atoms with E-state index in [1.807, 2.05) is 12.1 Å². The molecule has 2 aromatic carbocycles. The van der Waals surface area contributed by atoms with Crippen LogP contribution >= 0.6 is 0 Å². The average molecular weight is 401 g/mol. The first kappa shape index (κ1) is 19.0. The van der Waals surface area contributed by atoms with Crippen molar-refractivity contribution in [1.82, 2.24) is 9.88 Å². The molecule has 3 aromatic rings. The van der Waals surface area contributed by atoms with Crippen molar-refractivity contribution in [3.63, 3.8) is 0 Å². The van der Waals surface area contributed by atoms with Gasteiger partial charge in [0.05, 0.1) is 18.8 Å². The molecule has 4 nitrogen and oxygen atoms in total. The largest absolute Gasteiger partial charge is 0.497 e. The second-order valence-electron chi connectivity index (χ2n) is 8.30. The van der Waals surface area contributed by atoms with Crippen molar-refractivity contribution >= 4 is 16.8 Å². The van der Waals surface area contributed by atoms with E-state index in [-0.39, 0.29) is 11.9 Å². The summed E-state index contributed by atoms with van der Waals surface area (Å²) in [5.41, 5.74) is 6.93. The zero-order chi connectivity index (χ0) is 20.7. The van der Waals surface area contributed by atoms with Gasteiger partial charge in [-0.2, -0.15) is 0 Å². The number of H-pyrrole nitrogens is 1. The molecule has 1 atom stereocenters. The Morgan fingerprint density at radius 1 is 1.10 bits per heavy atom. The van der Waals surface area contributed by atoms with Gasteiger partial charge in [-0.05, 0) is 55.9 Å². The molecule has 1 aliphatic heterocycles. The summed E-state index contributed by atoms with van der Waals surface area (Å²) >= 11 is 0. The number of amides is 1. The number of benzene rings is 2. The Morgan fingerprint density at radius 3 is 2.77 bits per heavy atom. The molecule has 154 valence electrons. The molecule has 4 heteroatoms. The van der Waals surface area contributed by atoms with Crippen LogP contribution in [0.2, 0.25) is 0 Å². The Hall–Kier alpha value is -3.01. The van der Waals surface area contributed by atoms with Gasteiger partial charge in [0.25, 0.3) is 5.91 Å². The lowest BCUT2D eigenvalue weighted by atomic mass is 9.86. The van der Waals surface area contributed by atoms with Crippen LogP contribution < -0.4 is 4.74 Å².